The molecule has 284 valence electrons. The lowest BCUT2D eigenvalue weighted by molar-refractivity contribution is 0.669. The molecule has 0 amide bonds. The topological polar surface area (TPSA) is 51.8 Å². The van der Waals surface area contributed by atoms with Gasteiger partial charge in [-0.25, -0.2) is 15.0 Å². The van der Waals surface area contributed by atoms with Gasteiger partial charge in [0.15, 0.2) is 17.5 Å². The van der Waals surface area contributed by atoms with E-state index in [2.05, 4.69) is 188 Å². The third-order valence-electron chi connectivity index (χ3n) is 11.9. The second-order valence-corrected chi connectivity index (χ2v) is 15.5. The Balaban J connectivity index is 1.06. The van der Waals surface area contributed by atoms with Crippen LogP contribution < -0.4 is 0 Å². The first-order chi connectivity index (χ1) is 30.2. The Morgan fingerprint density at radius 2 is 0.738 bits per heavy atom. The van der Waals surface area contributed by atoms with Gasteiger partial charge in [-0.3, -0.25) is 0 Å². The van der Waals surface area contributed by atoms with Crippen molar-refractivity contribution in [2.45, 2.75) is 0 Å². The number of hydrogen-bond acceptors (Lipinski definition) is 4. The lowest BCUT2D eigenvalue weighted by Crippen LogP contribution is -2.00. The zero-order valence-corrected chi connectivity index (χ0v) is 33.0. The monoisotopic (exact) mass is 777 g/mol. The Labute approximate surface area is 352 Å². The molecule has 0 aliphatic rings. The van der Waals surface area contributed by atoms with Gasteiger partial charge < -0.3 is 4.42 Å². The fourth-order valence-electron chi connectivity index (χ4n) is 9.07. The molecule has 0 fully saturated rings. The summed E-state index contributed by atoms with van der Waals surface area (Å²) < 4.78 is 6.55. The van der Waals surface area contributed by atoms with Crippen molar-refractivity contribution in [3.63, 3.8) is 0 Å². The maximum Gasteiger partial charge on any atom is 0.167 e. The highest BCUT2D eigenvalue weighted by atomic mass is 16.3. The van der Waals surface area contributed by atoms with Gasteiger partial charge in [0.05, 0.1) is 5.56 Å². The highest BCUT2D eigenvalue weighted by Crippen LogP contribution is 2.40. The molecule has 0 unspecified atom stereocenters. The molecular formula is C57H35N3O. The molecule has 2 aromatic heterocycles. The van der Waals surface area contributed by atoms with Crippen LogP contribution >= 0.6 is 0 Å². The van der Waals surface area contributed by atoms with Gasteiger partial charge in [0.1, 0.15) is 11.2 Å². The summed E-state index contributed by atoms with van der Waals surface area (Å²) in [7, 11) is 0. The molecule has 0 radical (unpaired) electrons. The number of nitrogens with zero attached hydrogens (tertiary/aromatic N) is 3. The third kappa shape index (κ3) is 5.96. The first-order valence-corrected chi connectivity index (χ1v) is 20.6. The second-order valence-electron chi connectivity index (χ2n) is 15.5. The molecule has 0 saturated carbocycles. The van der Waals surface area contributed by atoms with Crippen molar-refractivity contribution in [2.24, 2.45) is 0 Å². The number of furan rings is 1. The number of rotatable bonds is 6. The summed E-state index contributed by atoms with van der Waals surface area (Å²) in [6.45, 7) is 0. The van der Waals surface area contributed by atoms with Gasteiger partial charge in [-0.2, -0.15) is 0 Å². The van der Waals surface area contributed by atoms with E-state index in [0.717, 1.165) is 60.9 Å². The van der Waals surface area contributed by atoms with Crippen LogP contribution in [-0.2, 0) is 0 Å². The van der Waals surface area contributed by atoms with Gasteiger partial charge in [-0.1, -0.05) is 188 Å². The largest absolute Gasteiger partial charge is 0.455 e. The predicted molar refractivity (Wildman–Crippen MR) is 252 cm³/mol. The summed E-state index contributed by atoms with van der Waals surface area (Å²) in [6, 6.07) is 74.7. The molecular weight excluding hydrogens is 743 g/mol. The maximum atomic E-state index is 6.55. The van der Waals surface area contributed by atoms with E-state index < -0.39 is 0 Å². The van der Waals surface area contributed by atoms with Gasteiger partial charge >= 0.3 is 0 Å². The molecule has 0 spiro atoms. The summed E-state index contributed by atoms with van der Waals surface area (Å²) in [4.78, 5) is 15.8. The van der Waals surface area contributed by atoms with Crippen molar-refractivity contribution in [3.8, 4) is 67.5 Å². The molecule has 4 nitrogen and oxygen atoms in total. The van der Waals surface area contributed by atoms with Crippen molar-refractivity contribution in [2.75, 3.05) is 0 Å². The van der Waals surface area contributed by atoms with E-state index in [-0.39, 0.29) is 0 Å². The highest BCUT2D eigenvalue weighted by molar-refractivity contribution is 6.14. The summed E-state index contributed by atoms with van der Waals surface area (Å²) in [5.74, 6) is 1.72. The predicted octanol–water partition coefficient (Wildman–Crippen LogP) is 15.2. The zero-order chi connectivity index (χ0) is 40.3. The number of hydrogen-bond donors (Lipinski definition) is 0. The number of para-hydroxylation sites is 2. The SMILES string of the molecule is c1ccc(-c2cccc3cccc(-c4cccc(-c5nc(-c6cccc(-c7cccc8ccc9ccccc9c78)c6)nc(-c6cccc7c6oc6ccccc67)n5)c4)c23)cc1. The lowest BCUT2D eigenvalue weighted by atomic mass is 9.91. The lowest BCUT2D eigenvalue weighted by Gasteiger charge is -2.14. The van der Waals surface area contributed by atoms with Crippen molar-refractivity contribution in [1.29, 1.82) is 0 Å². The number of aromatic nitrogens is 3. The molecule has 10 aromatic carbocycles. The van der Waals surface area contributed by atoms with E-state index in [1.54, 1.807) is 0 Å². The van der Waals surface area contributed by atoms with Gasteiger partial charge in [0.25, 0.3) is 0 Å². The average molecular weight is 778 g/mol. The fraction of sp³-hybridized carbons (Fsp3) is 0. The van der Waals surface area contributed by atoms with Crippen LogP contribution in [0.15, 0.2) is 217 Å². The molecule has 12 rings (SSSR count). The normalized spacial score (nSPS) is 11.6. The molecule has 12 aromatic rings. The van der Waals surface area contributed by atoms with E-state index in [9.17, 15) is 0 Å². The van der Waals surface area contributed by atoms with Crippen molar-refractivity contribution < 1.29 is 4.42 Å². The van der Waals surface area contributed by atoms with Gasteiger partial charge in [-0.15, -0.1) is 0 Å². The molecule has 0 aliphatic carbocycles. The first-order valence-electron chi connectivity index (χ1n) is 20.6. The van der Waals surface area contributed by atoms with Crippen molar-refractivity contribution >= 4 is 54.3 Å². The van der Waals surface area contributed by atoms with Crippen molar-refractivity contribution in [3.05, 3.63) is 212 Å². The van der Waals surface area contributed by atoms with Crippen LogP contribution in [0, 0.1) is 0 Å². The van der Waals surface area contributed by atoms with Crippen LogP contribution in [0.4, 0.5) is 0 Å². The van der Waals surface area contributed by atoms with E-state index in [0.29, 0.717) is 17.5 Å². The second kappa shape index (κ2) is 14.3. The molecule has 2 heterocycles. The van der Waals surface area contributed by atoms with E-state index >= 15 is 0 Å². The molecule has 0 saturated heterocycles. The number of benzene rings is 10. The quantitative estimate of drug-likeness (QED) is 0.158. The minimum Gasteiger partial charge on any atom is -0.455 e. The zero-order valence-electron chi connectivity index (χ0n) is 33.0. The van der Waals surface area contributed by atoms with Gasteiger partial charge in [-0.05, 0) is 90.0 Å². The van der Waals surface area contributed by atoms with E-state index in [1.165, 1.54) is 43.4 Å². The van der Waals surface area contributed by atoms with Crippen LogP contribution in [0.1, 0.15) is 0 Å². The van der Waals surface area contributed by atoms with Crippen molar-refractivity contribution in [1.82, 2.24) is 15.0 Å². The van der Waals surface area contributed by atoms with Crippen LogP contribution in [-0.4, -0.2) is 15.0 Å². The van der Waals surface area contributed by atoms with E-state index in [4.69, 9.17) is 19.4 Å². The van der Waals surface area contributed by atoms with E-state index in [1.807, 2.05) is 24.3 Å². The Kier molecular flexibility index (Phi) is 8.13. The van der Waals surface area contributed by atoms with Gasteiger partial charge in [0, 0.05) is 21.9 Å². The third-order valence-corrected chi connectivity index (χ3v) is 11.9. The van der Waals surface area contributed by atoms with Crippen LogP contribution in [0.2, 0.25) is 0 Å². The smallest absolute Gasteiger partial charge is 0.167 e. The summed E-state index contributed by atoms with van der Waals surface area (Å²) in [5.41, 5.74) is 11.0. The number of fused-ring (bicyclic) bond motifs is 7. The first kappa shape index (κ1) is 34.8. The fourth-order valence-corrected chi connectivity index (χ4v) is 9.07. The Hall–Kier alpha value is -8.21. The van der Waals surface area contributed by atoms with Crippen LogP contribution in [0.25, 0.3) is 122 Å². The van der Waals surface area contributed by atoms with Gasteiger partial charge in [0.2, 0.25) is 0 Å². The summed E-state index contributed by atoms with van der Waals surface area (Å²) in [6.07, 6.45) is 0. The Morgan fingerprint density at radius 3 is 1.46 bits per heavy atom. The summed E-state index contributed by atoms with van der Waals surface area (Å²) in [5, 5.41) is 9.35. The molecule has 4 heteroatoms. The minimum absolute atomic E-state index is 0.549. The molecule has 0 aliphatic heterocycles. The Bertz CT molecular complexity index is 3660. The minimum atomic E-state index is 0.549. The van der Waals surface area contributed by atoms with Crippen LogP contribution in [0.5, 0.6) is 0 Å². The average Bonchev–Trinajstić information content (AvgIpc) is 3.73. The molecule has 61 heavy (non-hydrogen) atoms. The Morgan fingerprint density at radius 1 is 0.279 bits per heavy atom. The molecule has 0 N–H and O–H groups in total. The van der Waals surface area contributed by atoms with Crippen LogP contribution in [0.3, 0.4) is 0 Å². The molecule has 0 bridgehead atoms. The highest BCUT2D eigenvalue weighted by Gasteiger charge is 2.19. The summed E-state index contributed by atoms with van der Waals surface area (Å²) >= 11 is 0. The standard InChI is InChI=1S/C57H35N3O/c1-2-14-36(15-3-1)45-26-10-17-38-18-11-27-46(52(38)45)40-20-8-22-42(34-40)55-58-56(60-57(59-55)50-30-13-29-49-48-25-6-7-31-51(48)61-54(49)50)43-23-9-21-41(35-43)47-28-12-19-39-33-32-37-16-4-5-24-44(37)53(39)47/h1-35H. The maximum absolute atomic E-state index is 6.55. The molecule has 0 atom stereocenters.